The summed E-state index contributed by atoms with van der Waals surface area (Å²) in [4.78, 5) is 73.0. The molecule has 0 aromatic carbocycles. The Labute approximate surface area is 600 Å². The molecular formula is C79H154O17P2. The normalized spacial score (nSPS) is 13.9. The summed E-state index contributed by atoms with van der Waals surface area (Å²) in [6.45, 7) is 9.61. The molecule has 17 nitrogen and oxygen atoms in total. The van der Waals surface area contributed by atoms with Gasteiger partial charge in [0.1, 0.15) is 19.3 Å². The number of phosphoric ester groups is 2. The van der Waals surface area contributed by atoms with Gasteiger partial charge in [0.2, 0.25) is 0 Å². The molecule has 0 radical (unpaired) electrons. The van der Waals surface area contributed by atoms with Gasteiger partial charge < -0.3 is 33.8 Å². The number of aliphatic hydroxyl groups is 1. The Bertz CT molecular complexity index is 1890. The number of carbonyl (C=O) groups is 4. The Morgan fingerprint density at radius 1 is 0.276 bits per heavy atom. The first kappa shape index (κ1) is 96.1. The molecular weight excluding hydrogens is 1280 g/mol. The van der Waals surface area contributed by atoms with Crippen LogP contribution in [-0.4, -0.2) is 96.7 Å². The third-order valence-electron chi connectivity index (χ3n) is 18.5. The second kappa shape index (κ2) is 70.7. The Kier molecular flexibility index (Phi) is 69.3. The van der Waals surface area contributed by atoms with E-state index in [9.17, 15) is 43.2 Å². The molecule has 0 heterocycles. The van der Waals surface area contributed by atoms with Crippen LogP contribution < -0.4 is 0 Å². The molecule has 0 spiro atoms. The second-order valence-electron chi connectivity index (χ2n) is 29.4. The van der Waals surface area contributed by atoms with Crippen LogP contribution in [0.2, 0.25) is 0 Å². The van der Waals surface area contributed by atoms with Crippen molar-refractivity contribution in [2.75, 3.05) is 39.6 Å². The number of esters is 4. The van der Waals surface area contributed by atoms with Gasteiger partial charge in [0, 0.05) is 25.7 Å². The standard InChI is InChI=1S/C79H154O17P2/c1-7-9-11-13-15-17-19-21-23-24-26-28-30-39-45-51-57-63-78(83)95-74(67-89-76(81)61-55-49-43-37-29-27-25-22-20-18-16-14-12-10-8-2)69-93-97(85,86)91-65-73(80)66-92-98(87,88)94-70-75(96-79(84)64-58-52-46-40-34-32-36-42-48-54-60-72(5)6)68-90-77(82)62-56-50-44-38-33-31-35-41-47-53-59-71(3)4/h71-75,80H,7-70H2,1-6H3,(H,85,86)(H,87,88)/t73-,74-,75-/m1/s1. The Morgan fingerprint density at radius 2 is 0.469 bits per heavy atom. The first-order chi connectivity index (χ1) is 47.4. The topological polar surface area (TPSA) is 237 Å². The quantitative estimate of drug-likeness (QED) is 0.0222. The Balaban J connectivity index is 5.26. The van der Waals surface area contributed by atoms with Crippen LogP contribution in [0.3, 0.4) is 0 Å². The second-order valence-corrected chi connectivity index (χ2v) is 32.3. The van der Waals surface area contributed by atoms with Crippen LogP contribution in [0.15, 0.2) is 0 Å². The van der Waals surface area contributed by atoms with Crippen molar-refractivity contribution in [3.05, 3.63) is 0 Å². The van der Waals surface area contributed by atoms with Crippen molar-refractivity contribution in [1.82, 2.24) is 0 Å². The summed E-state index contributed by atoms with van der Waals surface area (Å²) in [7, 11) is -9.92. The van der Waals surface area contributed by atoms with Crippen LogP contribution >= 0.6 is 15.6 Å². The van der Waals surface area contributed by atoms with Crippen LogP contribution in [0.25, 0.3) is 0 Å². The first-order valence-electron chi connectivity index (χ1n) is 41.0. The summed E-state index contributed by atoms with van der Waals surface area (Å²) < 4.78 is 68.7. The molecule has 0 saturated heterocycles. The Hall–Kier alpha value is -1.94. The molecule has 0 aliphatic carbocycles. The van der Waals surface area contributed by atoms with E-state index in [1.54, 1.807) is 0 Å². The number of aliphatic hydroxyl groups excluding tert-OH is 1. The van der Waals surface area contributed by atoms with E-state index in [1.807, 2.05) is 0 Å². The van der Waals surface area contributed by atoms with Crippen LogP contribution in [0.1, 0.15) is 414 Å². The summed E-state index contributed by atoms with van der Waals surface area (Å²) >= 11 is 0. The zero-order valence-corrected chi connectivity index (χ0v) is 65.9. The third-order valence-corrected chi connectivity index (χ3v) is 20.4. The van der Waals surface area contributed by atoms with E-state index in [4.69, 9.17) is 37.0 Å². The lowest BCUT2D eigenvalue weighted by molar-refractivity contribution is -0.161. The maximum Gasteiger partial charge on any atom is 0.472 e. The lowest BCUT2D eigenvalue weighted by Crippen LogP contribution is -2.30. The molecule has 0 rings (SSSR count). The fourth-order valence-corrected chi connectivity index (χ4v) is 13.8. The largest absolute Gasteiger partial charge is 0.472 e. The van der Waals surface area contributed by atoms with E-state index in [0.717, 1.165) is 102 Å². The van der Waals surface area contributed by atoms with E-state index in [0.29, 0.717) is 25.7 Å². The highest BCUT2D eigenvalue weighted by Gasteiger charge is 2.30. The molecule has 0 aliphatic heterocycles. The average Bonchev–Trinajstić information content (AvgIpc) is 1.15. The maximum absolute atomic E-state index is 13.1. The van der Waals surface area contributed by atoms with Crippen molar-refractivity contribution in [1.29, 1.82) is 0 Å². The van der Waals surface area contributed by atoms with E-state index in [2.05, 4.69) is 41.5 Å². The fraction of sp³-hybridized carbons (Fsp3) is 0.949. The van der Waals surface area contributed by atoms with Crippen molar-refractivity contribution in [2.24, 2.45) is 11.8 Å². The highest BCUT2D eigenvalue weighted by molar-refractivity contribution is 7.47. The number of unbranched alkanes of at least 4 members (excludes halogenated alkanes) is 48. The highest BCUT2D eigenvalue weighted by atomic mass is 31.2. The molecule has 582 valence electrons. The van der Waals surface area contributed by atoms with Crippen LogP contribution in [0.5, 0.6) is 0 Å². The molecule has 0 fully saturated rings. The zero-order valence-electron chi connectivity index (χ0n) is 64.1. The molecule has 0 aromatic rings. The summed E-state index contributed by atoms with van der Waals surface area (Å²) in [5.41, 5.74) is 0. The fourth-order valence-electron chi connectivity index (χ4n) is 12.2. The van der Waals surface area contributed by atoms with E-state index < -0.39 is 97.5 Å². The lowest BCUT2D eigenvalue weighted by Gasteiger charge is -2.21. The third kappa shape index (κ3) is 72.4. The predicted octanol–water partition coefficient (Wildman–Crippen LogP) is 23.5. The van der Waals surface area contributed by atoms with Crippen molar-refractivity contribution >= 4 is 39.5 Å². The zero-order chi connectivity index (χ0) is 72.1. The minimum Gasteiger partial charge on any atom is -0.462 e. The van der Waals surface area contributed by atoms with Crippen LogP contribution in [0, 0.1) is 11.8 Å². The summed E-state index contributed by atoms with van der Waals surface area (Å²) in [5.74, 6) is -0.599. The van der Waals surface area contributed by atoms with Crippen molar-refractivity contribution in [2.45, 2.75) is 432 Å². The van der Waals surface area contributed by atoms with Gasteiger partial charge in [0.25, 0.3) is 0 Å². The molecule has 19 heteroatoms. The monoisotopic (exact) mass is 1440 g/mol. The van der Waals surface area contributed by atoms with Gasteiger partial charge in [-0.3, -0.25) is 37.3 Å². The average molecular weight is 1440 g/mol. The van der Waals surface area contributed by atoms with Gasteiger partial charge in [-0.25, -0.2) is 9.13 Å². The summed E-state index contributed by atoms with van der Waals surface area (Å²) in [6.07, 6.45) is 59.5. The van der Waals surface area contributed by atoms with Crippen molar-refractivity contribution in [3.8, 4) is 0 Å². The smallest absolute Gasteiger partial charge is 0.462 e. The lowest BCUT2D eigenvalue weighted by atomic mass is 10.0. The molecule has 0 aromatic heterocycles. The molecule has 98 heavy (non-hydrogen) atoms. The number of carbonyl (C=O) groups excluding carboxylic acids is 4. The van der Waals surface area contributed by atoms with Gasteiger partial charge in [-0.05, 0) is 37.5 Å². The molecule has 0 aliphatic rings. The number of rotatable bonds is 78. The van der Waals surface area contributed by atoms with Gasteiger partial charge in [0.05, 0.1) is 26.4 Å². The molecule has 0 saturated carbocycles. The molecule has 0 bridgehead atoms. The molecule has 0 amide bonds. The summed E-state index contributed by atoms with van der Waals surface area (Å²) in [6, 6.07) is 0. The van der Waals surface area contributed by atoms with E-state index >= 15 is 0 Å². The van der Waals surface area contributed by atoms with Crippen molar-refractivity contribution < 1.29 is 80.2 Å². The minimum atomic E-state index is -4.96. The number of hydrogen-bond acceptors (Lipinski definition) is 15. The van der Waals surface area contributed by atoms with Crippen LogP contribution in [0.4, 0.5) is 0 Å². The molecule has 5 atom stereocenters. The van der Waals surface area contributed by atoms with Gasteiger partial charge in [-0.15, -0.1) is 0 Å². The molecule has 2 unspecified atom stereocenters. The van der Waals surface area contributed by atoms with Crippen molar-refractivity contribution in [3.63, 3.8) is 0 Å². The number of ether oxygens (including phenoxy) is 4. The van der Waals surface area contributed by atoms with E-state index in [1.165, 1.54) is 231 Å². The number of hydrogen-bond donors (Lipinski definition) is 3. The van der Waals surface area contributed by atoms with Crippen LogP contribution in [-0.2, 0) is 65.4 Å². The maximum atomic E-state index is 13.1. The summed E-state index contributed by atoms with van der Waals surface area (Å²) in [5, 5.41) is 10.6. The predicted molar refractivity (Wildman–Crippen MR) is 400 cm³/mol. The van der Waals surface area contributed by atoms with Gasteiger partial charge in [-0.2, -0.15) is 0 Å². The molecule has 3 N–H and O–H groups in total. The SMILES string of the molecule is CCCCCCCCCCCCCCCCCCCC(=O)O[C@H](COC(=O)CCCCCCCCCCCCCCCCC)COP(=O)(O)OC[C@@H](O)COP(=O)(O)OC[C@@H](COC(=O)CCCCCCCCCCCCC(C)C)OC(=O)CCCCCCCCCCCCC(C)C. The number of phosphoric acid groups is 2. The van der Waals surface area contributed by atoms with E-state index in [-0.39, 0.29) is 25.7 Å². The highest BCUT2D eigenvalue weighted by Crippen LogP contribution is 2.45. The van der Waals surface area contributed by atoms with Gasteiger partial charge in [-0.1, -0.05) is 363 Å². The van der Waals surface area contributed by atoms with Gasteiger partial charge in [0.15, 0.2) is 12.2 Å². The minimum absolute atomic E-state index is 0.106. The van der Waals surface area contributed by atoms with Gasteiger partial charge >= 0.3 is 39.5 Å². The Morgan fingerprint density at radius 3 is 0.694 bits per heavy atom. The first-order valence-corrected chi connectivity index (χ1v) is 44.0.